The van der Waals surface area contributed by atoms with Gasteiger partial charge in [0.2, 0.25) is 5.91 Å². The van der Waals surface area contributed by atoms with Crippen LogP contribution in [0.4, 0.5) is 0 Å². The van der Waals surface area contributed by atoms with Crippen molar-refractivity contribution in [2.24, 2.45) is 10.6 Å². The highest BCUT2D eigenvalue weighted by atomic mass is 31.2. The average Bonchev–Trinajstić information content (AvgIpc) is 2.44. The van der Waals surface area contributed by atoms with Crippen LogP contribution >= 0.6 is 7.82 Å². The number of aliphatic hydroxyl groups excluding tert-OH is 1. The Morgan fingerprint density at radius 1 is 1.41 bits per heavy atom. The van der Waals surface area contributed by atoms with E-state index in [1.165, 1.54) is 21.0 Å². The zero-order valence-corrected chi connectivity index (χ0v) is 14.4. The molecule has 0 bridgehead atoms. The lowest BCUT2D eigenvalue weighted by atomic mass is 9.87. The molecule has 0 aliphatic heterocycles. The van der Waals surface area contributed by atoms with Crippen LogP contribution in [0, 0.1) is 5.41 Å². The summed E-state index contributed by atoms with van der Waals surface area (Å²) >= 11 is 0. The third-order valence-corrected chi connectivity index (χ3v) is 3.77. The zero-order valence-electron chi connectivity index (χ0n) is 13.5. The van der Waals surface area contributed by atoms with Crippen LogP contribution in [-0.2, 0) is 23.2 Å². The number of hydrogen-bond donors (Lipinski definition) is 3. The second-order valence-corrected chi connectivity index (χ2v) is 6.93. The van der Waals surface area contributed by atoms with Gasteiger partial charge in [-0.15, -0.1) is 0 Å². The molecule has 3 N–H and O–H groups in total. The first kappa shape index (κ1) is 21.0. The molecule has 0 fully saturated rings. The van der Waals surface area contributed by atoms with E-state index in [0.29, 0.717) is 12.1 Å². The molecule has 0 spiro atoms. The molecule has 130 valence electrons. The summed E-state index contributed by atoms with van der Waals surface area (Å²) in [5.74, 6) is -0.607. The van der Waals surface area contributed by atoms with E-state index < -0.39 is 25.2 Å². The molecule has 0 radical (unpaired) electrons. The van der Waals surface area contributed by atoms with Crippen LogP contribution in [0.25, 0.3) is 0 Å². The Bertz CT molecular complexity index is 439. The van der Waals surface area contributed by atoms with E-state index >= 15 is 0 Å². The van der Waals surface area contributed by atoms with Crippen molar-refractivity contribution in [3.05, 3.63) is 0 Å². The number of amides is 1. The van der Waals surface area contributed by atoms with Crippen molar-refractivity contribution in [2.45, 2.75) is 33.3 Å². The normalized spacial score (nSPS) is 16.8. The zero-order chi connectivity index (χ0) is 17.4. The van der Waals surface area contributed by atoms with Crippen molar-refractivity contribution in [1.29, 1.82) is 0 Å². The molecule has 2 atom stereocenters. The summed E-state index contributed by atoms with van der Waals surface area (Å²) in [5.41, 5.74) is -0.377. The van der Waals surface area contributed by atoms with Gasteiger partial charge in [0.05, 0.1) is 12.3 Å². The molecule has 1 amide bonds. The third kappa shape index (κ3) is 7.86. The smallest absolute Gasteiger partial charge is 0.399 e. The molecule has 0 aliphatic carbocycles. The Labute approximate surface area is 130 Å². The van der Waals surface area contributed by atoms with E-state index in [1.807, 2.05) is 0 Å². The molecular formula is C12H25N2O7P. The molecule has 0 saturated heterocycles. The van der Waals surface area contributed by atoms with Crippen molar-refractivity contribution in [2.75, 3.05) is 27.4 Å². The van der Waals surface area contributed by atoms with E-state index in [4.69, 9.17) is 9.42 Å². The number of carbonyl (C=O) groups is 1. The van der Waals surface area contributed by atoms with Crippen LogP contribution in [0.15, 0.2) is 5.16 Å². The number of carbonyl (C=O) groups excluding carboxylic acids is 1. The van der Waals surface area contributed by atoms with Crippen molar-refractivity contribution in [3.63, 3.8) is 0 Å². The molecule has 0 rings (SSSR count). The minimum atomic E-state index is -4.15. The Balaban J connectivity index is 4.41. The first-order valence-corrected chi connectivity index (χ1v) is 8.10. The maximum atomic E-state index is 11.9. The van der Waals surface area contributed by atoms with E-state index in [2.05, 4.69) is 19.8 Å². The number of phosphoric ester groups is 1. The maximum absolute atomic E-state index is 11.9. The highest BCUT2D eigenvalue weighted by molar-refractivity contribution is 7.47. The number of nitrogens with one attached hydrogen (secondary N) is 1. The van der Waals surface area contributed by atoms with Gasteiger partial charge in [-0.25, -0.2) is 4.57 Å². The first-order valence-electron chi connectivity index (χ1n) is 6.61. The monoisotopic (exact) mass is 340 g/mol. The number of phosphoric acid groups is 1. The molecule has 22 heavy (non-hydrogen) atoms. The van der Waals surface area contributed by atoms with Crippen molar-refractivity contribution >= 4 is 19.4 Å². The number of rotatable bonds is 10. The molecular weight excluding hydrogens is 315 g/mol. The van der Waals surface area contributed by atoms with E-state index in [1.54, 1.807) is 6.92 Å². The van der Waals surface area contributed by atoms with Gasteiger partial charge in [-0.3, -0.25) is 13.8 Å². The second-order valence-electron chi connectivity index (χ2n) is 5.37. The summed E-state index contributed by atoms with van der Waals surface area (Å²) in [6, 6.07) is 0. The lowest BCUT2D eigenvalue weighted by molar-refractivity contribution is -0.136. The fourth-order valence-electron chi connectivity index (χ4n) is 1.40. The fourth-order valence-corrected chi connectivity index (χ4v) is 2.00. The van der Waals surface area contributed by atoms with Crippen molar-refractivity contribution < 1.29 is 33.2 Å². The van der Waals surface area contributed by atoms with Gasteiger partial charge < -0.3 is 20.2 Å². The van der Waals surface area contributed by atoms with Crippen LogP contribution in [0.2, 0.25) is 0 Å². The first-order chi connectivity index (χ1) is 10.1. The summed E-state index contributed by atoms with van der Waals surface area (Å²) in [6.07, 6.45) is -0.942. The number of oxime groups is 1. The number of nitrogens with zero attached hydrogens (tertiary/aromatic N) is 1. The summed E-state index contributed by atoms with van der Waals surface area (Å²) in [7, 11) is -1.70. The van der Waals surface area contributed by atoms with Crippen molar-refractivity contribution in [1.82, 2.24) is 5.32 Å². The predicted molar refractivity (Wildman–Crippen MR) is 80.3 cm³/mol. The predicted octanol–water partition coefficient (Wildman–Crippen LogP) is 0.665. The highest BCUT2D eigenvalue weighted by Gasteiger charge is 2.36. The van der Waals surface area contributed by atoms with Crippen LogP contribution in [0.3, 0.4) is 0 Å². The van der Waals surface area contributed by atoms with Gasteiger partial charge in [-0.05, 0) is 6.92 Å². The molecule has 0 saturated carbocycles. The molecule has 0 aromatic carbocycles. The van der Waals surface area contributed by atoms with Gasteiger partial charge in [0, 0.05) is 25.5 Å². The highest BCUT2D eigenvalue weighted by Crippen LogP contribution is 2.43. The molecule has 0 heterocycles. The van der Waals surface area contributed by atoms with Gasteiger partial charge in [-0.2, -0.15) is 0 Å². The van der Waals surface area contributed by atoms with Gasteiger partial charge >= 0.3 is 7.82 Å². The molecule has 9 nitrogen and oxygen atoms in total. The molecule has 0 aromatic heterocycles. The van der Waals surface area contributed by atoms with Gasteiger partial charge in [0.1, 0.15) is 13.2 Å². The van der Waals surface area contributed by atoms with Crippen LogP contribution in [0.1, 0.15) is 27.2 Å². The second kappa shape index (κ2) is 9.22. The van der Waals surface area contributed by atoms with Crippen molar-refractivity contribution in [3.8, 4) is 0 Å². The summed E-state index contributed by atoms with van der Waals surface area (Å²) in [4.78, 5) is 25.6. The number of hydrogen-bond acceptors (Lipinski definition) is 7. The Hall–Kier alpha value is -0.990. The molecule has 0 aromatic rings. The van der Waals surface area contributed by atoms with Crippen LogP contribution in [0.5, 0.6) is 0 Å². The minimum absolute atomic E-state index is 0.280. The quantitative estimate of drug-likeness (QED) is 0.303. The Morgan fingerprint density at radius 2 is 2.00 bits per heavy atom. The summed E-state index contributed by atoms with van der Waals surface area (Å²) in [5, 5.41) is 16.3. The SMILES string of the molecule is CO/N=C(\C)CCNC(=O)[C@H](O)C(C)(C)COP(=O)(O)OC. The van der Waals surface area contributed by atoms with E-state index in [-0.39, 0.29) is 13.2 Å². The summed E-state index contributed by atoms with van der Waals surface area (Å²) < 4.78 is 20.2. The minimum Gasteiger partial charge on any atom is -0.399 e. The summed E-state index contributed by atoms with van der Waals surface area (Å²) in [6.45, 7) is 4.76. The third-order valence-electron chi connectivity index (χ3n) is 2.85. The standard InChI is InChI=1S/C12H25N2O7P/c1-9(14-19-4)6-7-13-11(16)10(15)12(2,3)8-21-22(17,18)20-5/h10,15H,6-8H2,1-5H3,(H,13,16)(H,17,18)/b14-9+/t10-/m0/s1. The Morgan fingerprint density at radius 3 is 2.50 bits per heavy atom. The molecule has 0 aliphatic rings. The maximum Gasteiger partial charge on any atom is 0.471 e. The van der Waals surface area contributed by atoms with Crippen LogP contribution < -0.4 is 5.32 Å². The topological polar surface area (TPSA) is 127 Å². The molecule has 10 heteroatoms. The largest absolute Gasteiger partial charge is 0.471 e. The van der Waals surface area contributed by atoms with Gasteiger partial charge in [-0.1, -0.05) is 19.0 Å². The van der Waals surface area contributed by atoms with E-state index in [9.17, 15) is 14.5 Å². The number of aliphatic hydroxyl groups is 1. The molecule has 1 unspecified atom stereocenters. The lowest BCUT2D eigenvalue weighted by Crippen LogP contribution is -2.46. The van der Waals surface area contributed by atoms with Gasteiger partial charge in [0.15, 0.2) is 0 Å². The Kier molecular flexibility index (Phi) is 8.80. The van der Waals surface area contributed by atoms with Gasteiger partial charge in [0.25, 0.3) is 0 Å². The average molecular weight is 340 g/mol. The fraction of sp³-hybridized carbons (Fsp3) is 0.833. The lowest BCUT2D eigenvalue weighted by Gasteiger charge is -2.29. The van der Waals surface area contributed by atoms with Crippen LogP contribution in [-0.4, -0.2) is 55.1 Å². The van der Waals surface area contributed by atoms with E-state index in [0.717, 1.165) is 7.11 Å².